The number of fused-ring (bicyclic) bond motifs is 1. The average molecular weight is 373 g/mol. The highest BCUT2D eigenvalue weighted by Gasteiger charge is 2.18. The predicted molar refractivity (Wildman–Crippen MR) is 98.8 cm³/mol. The molecule has 0 unspecified atom stereocenters. The molecule has 0 aromatic heterocycles. The van der Waals surface area contributed by atoms with Crippen molar-refractivity contribution in [3.63, 3.8) is 0 Å². The summed E-state index contributed by atoms with van der Waals surface area (Å²) in [6, 6.07) is 10.1. The Morgan fingerprint density at radius 2 is 2.12 bits per heavy atom. The molecule has 0 bridgehead atoms. The summed E-state index contributed by atoms with van der Waals surface area (Å²) in [7, 11) is 1.55. The van der Waals surface area contributed by atoms with E-state index in [0.717, 1.165) is 17.1 Å². The lowest BCUT2D eigenvalue weighted by Gasteiger charge is -2.16. The van der Waals surface area contributed by atoms with Gasteiger partial charge in [0.25, 0.3) is 0 Å². The Hall–Kier alpha value is -2.74. The van der Waals surface area contributed by atoms with Gasteiger partial charge in [-0.3, -0.25) is 10.4 Å². The fourth-order valence-corrected chi connectivity index (χ4v) is 3.40. The van der Waals surface area contributed by atoms with Gasteiger partial charge in [-0.2, -0.15) is 5.10 Å². The summed E-state index contributed by atoms with van der Waals surface area (Å²) in [6.07, 6.45) is 0. The Morgan fingerprint density at radius 1 is 1.23 bits per heavy atom. The van der Waals surface area contributed by atoms with Gasteiger partial charge in [0.1, 0.15) is 11.6 Å². The van der Waals surface area contributed by atoms with Crippen LogP contribution < -0.4 is 19.6 Å². The highest BCUT2D eigenvalue weighted by Crippen LogP contribution is 2.32. The van der Waals surface area contributed by atoms with E-state index < -0.39 is 0 Å². The van der Waals surface area contributed by atoms with Crippen molar-refractivity contribution >= 4 is 22.6 Å². The van der Waals surface area contributed by atoms with Crippen molar-refractivity contribution in [2.75, 3.05) is 19.7 Å². The smallest absolute Gasteiger partial charge is 0.231 e. The standard InChI is InChI=1S/C18H16FN3O3S/c1-23-15-5-3-12(19)7-13(15)14-9-26-18(22-21-14)20-8-11-2-4-16-17(6-11)25-10-24-16/h2-7H,8-10H2,1H3,(H,20,22). The third-order valence-electron chi connectivity index (χ3n) is 3.95. The number of methoxy groups -OCH3 is 1. The minimum atomic E-state index is -0.323. The molecule has 2 aliphatic rings. The summed E-state index contributed by atoms with van der Waals surface area (Å²) in [6.45, 7) is 0.756. The van der Waals surface area contributed by atoms with Crippen LogP contribution in [0.5, 0.6) is 17.2 Å². The second-order valence-electron chi connectivity index (χ2n) is 5.61. The summed E-state index contributed by atoms with van der Waals surface area (Å²) < 4.78 is 29.5. The Bertz CT molecular complexity index is 901. The second-order valence-corrected chi connectivity index (χ2v) is 6.58. The van der Waals surface area contributed by atoms with Crippen molar-refractivity contribution in [1.82, 2.24) is 5.43 Å². The van der Waals surface area contributed by atoms with Gasteiger partial charge < -0.3 is 14.2 Å². The maximum Gasteiger partial charge on any atom is 0.231 e. The number of hydrogen-bond donors (Lipinski definition) is 1. The third kappa shape index (κ3) is 3.45. The normalized spacial score (nSPS) is 17.0. The molecule has 0 aliphatic carbocycles. The van der Waals surface area contributed by atoms with Gasteiger partial charge >= 0.3 is 0 Å². The zero-order chi connectivity index (χ0) is 17.9. The van der Waals surface area contributed by atoms with Crippen LogP contribution in [0.25, 0.3) is 0 Å². The molecule has 4 rings (SSSR count). The number of hydrazone groups is 1. The summed E-state index contributed by atoms with van der Waals surface area (Å²) in [4.78, 5) is 4.53. The van der Waals surface area contributed by atoms with E-state index in [1.54, 1.807) is 13.2 Å². The monoisotopic (exact) mass is 373 g/mol. The fourth-order valence-electron chi connectivity index (χ4n) is 2.64. The molecule has 0 saturated carbocycles. The van der Waals surface area contributed by atoms with Crippen molar-refractivity contribution in [3.8, 4) is 17.2 Å². The number of nitrogens with one attached hydrogen (secondary N) is 1. The SMILES string of the molecule is COc1ccc(F)cc1C1=NNC(=NCc2ccc3c(c2)OCO3)SC1. The van der Waals surface area contributed by atoms with Crippen molar-refractivity contribution in [2.24, 2.45) is 10.1 Å². The van der Waals surface area contributed by atoms with E-state index in [2.05, 4.69) is 15.5 Å². The number of thioether (sulfide) groups is 1. The number of rotatable bonds is 4. The second kappa shape index (κ2) is 7.25. The minimum absolute atomic E-state index is 0.256. The lowest BCUT2D eigenvalue weighted by Crippen LogP contribution is -2.25. The van der Waals surface area contributed by atoms with Crippen LogP contribution in [0.4, 0.5) is 4.39 Å². The maximum atomic E-state index is 13.5. The number of aliphatic imine (C=N–C) groups is 1. The summed E-state index contributed by atoms with van der Waals surface area (Å²) in [5, 5.41) is 5.03. The zero-order valence-corrected chi connectivity index (χ0v) is 14.8. The zero-order valence-electron chi connectivity index (χ0n) is 14.0. The Kier molecular flexibility index (Phi) is 4.66. The molecule has 0 fully saturated rings. The lowest BCUT2D eigenvalue weighted by atomic mass is 10.1. The molecule has 8 heteroatoms. The average Bonchev–Trinajstić information content (AvgIpc) is 3.14. The molecule has 0 radical (unpaired) electrons. The Balaban J connectivity index is 1.46. The molecule has 0 spiro atoms. The van der Waals surface area contributed by atoms with E-state index in [9.17, 15) is 4.39 Å². The Labute approximate surface area is 154 Å². The van der Waals surface area contributed by atoms with Crippen molar-refractivity contribution in [3.05, 3.63) is 53.3 Å². The van der Waals surface area contributed by atoms with Crippen molar-refractivity contribution in [2.45, 2.75) is 6.54 Å². The van der Waals surface area contributed by atoms with Crippen LogP contribution in [0.2, 0.25) is 0 Å². The van der Waals surface area contributed by atoms with Gasteiger partial charge in [-0.1, -0.05) is 17.8 Å². The highest BCUT2D eigenvalue weighted by molar-refractivity contribution is 8.14. The first-order valence-electron chi connectivity index (χ1n) is 7.95. The number of amidine groups is 1. The van der Waals surface area contributed by atoms with Crippen LogP contribution >= 0.6 is 11.8 Å². The predicted octanol–water partition coefficient (Wildman–Crippen LogP) is 3.16. The molecule has 2 aromatic rings. The van der Waals surface area contributed by atoms with Crippen LogP contribution in [-0.4, -0.2) is 30.5 Å². The van der Waals surface area contributed by atoms with E-state index >= 15 is 0 Å². The topological polar surface area (TPSA) is 64.4 Å². The maximum absolute atomic E-state index is 13.5. The van der Waals surface area contributed by atoms with E-state index in [4.69, 9.17) is 14.2 Å². The molecular formula is C18H16FN3O3S. The number of halogens is 1. The number of ether oxygens (including phenoxy) is 3. The van der Waals surface area contributed by atoms with Crippen LogP contribution in [0.3, 0.4) is 0 Å². The molecule has 0 saturated heterocycles. The number of benzene rings is 2. The highest BCUT2D eigenvalue weighted by atomic mass is 32.2. The summed E-state index contributed by atoms with van der Waals surface area (Å²) >= 11 is 1.51. The van der Waals surface area contributed by atoms with Crippen LogP contribution in [-0.2, 0) is 6.54 Å². The van der Waals surface area contributed by atoms with E-state index in [0.29, 0.717) is 34.5 Å². The molecule has 26 heavy (non-hydrogen) atoms. The van der Waals surface area contributed by atoms with Gasteiger partial charge in [0.2, 0.25) is 6.79 Å². The lowest BCUT2D eigenvalue weighted by molar-refractivity contribution is 0.174. The first kappa shape index (κ1) is 16.7. The first-order chi connectivity index (χ1) is 12.7. The first-order valence-corrected chi connectivity index (χ1v) is 8.94. The summed E-state index contributed by atoms with van der Waals surface area (Å²) in [5.41, 5.74) is 5.30. The molecule has 134 valence electrons. The molecule has 0 amide bonds. The van der Waals surface area contributed by atoms with Gasteiger partial charge in [-0.05, 0) is 35.9 Å². The minimum Gasteiger partial charge on any atom is -0.496 e. The third-order valence-corrected chi connectivity index (χ3v) is 4.86. The molecular weight excluding hydrogens is 357 g/mol. The number of nitrogens with zero attached hydrogens (tertiary/aromatic N) is 2. The quantitative estimate of drug-likeness (QED) is 0.892. The van der Waals surface area contributed by atoms with E-state index in [-0.39, 0.29) is 12.6 Å². The van der Waals surface area contributed by atoms with Gasteiger partial charge in [0.15, 0.2) is 16.7 Å². The van der Waals surface area contributed by atoms with Crippen LogP contribution in [0.15, 0.2) is 46.5 Å². The molecule has 1 N–H and O–H groups in total. The van der Waals surface area contributed by atoms with E-state index in [1.807, 2.05) is 18.2 Å². The summed E-state index contributed by atoms with van der Waals surface area (Å²) in [5.74, 6) is 2.34. The van der Waals surface area contributed by atoms with Crippen molar-refractivity contribution < 1.29 is 18.6 Å². The molecule has 0 atom stereocenters. The number of hydrogen-bond acceptors (Lipinski definition) is 6. The van der Waals surface area contributed by atoms with Crippen LogP contribution in [0.1, 0.15) is 11.1 Å². The van der Waals surface area contributed by atoms with Gasteiger partial charge in [0, 0.05) is 11.3 Å². The van der Waals surface area contributed by atoms with Gasteiger partial charge in [-0.15, -0.1) is 0 Å². The molecule has 2 aromatic carbocycles. The molecule has 2 heterocycles. The molecule has 2 aliphatic heterocycles. The fraction of sp³-hybridized carbons (Fsp3) is 0.222. The van der Waals surface area contributed by atoms with Gasteiger partial charge in [0.05, 0.1) is 19.4 Å². The van der Waals surface area contributed by atoms with E-state index in [1.165, 1.54) is 23.9 Å². The molecule has 6 nitrogen and oxygen atoms in total. The Morgan fingerprint density at radius 3 is 2.92 bits per heavy atom. The van der Waals surface area contributed by atoms with Crippen molar-refractivity contribution in [1.29, 1.82) is 0 Å². The van der Waals surface area contributed by atoms with Crippen LogP contribution in [0, 0.1) is 5.82 Å². The largest absolute Gasteiger partial charge is 0.496 e. The van der Waals surface area contributed by atoms with Gasteiger partial charge in [-0.25, -0.2) is 4.39 Å².